The van der Waals surface area contributed by atoms with Gasteiger partial charge in [0, 0.05) is 31.6 Å². The topological polar surface area (TPSA) is 101 Å². The SMILES string of the molecule is CCCCCNNC(=O)[C@@]1(C/C=C/c2ccccc2)N=C(c2ccc(OCCCO)cc2)O[C@H]1c1cccc(OC)c1. The van der Waals surface area contributed by atoms with E-state index < -0.39 is 11.6 Å². The predicted octanol–water partition coefficient (Wildman–Crippen LogP) is 5.63. The minimum Gasteiger partial charge on any atom is -0.497 e. The van der Waals surface area contributed by atoms with Crippen LogP contribution in [-0.2, 0) is 9.53 Å². The van der Waals surface area contributed by atoms with Crippen molar-refractivity contribution in [2.24, 2.45) is 4.99 Å². The lowest BCUT2D eigenvalue weighted by Gasteiger charge is -2.30. The molecule has 1 aliphatic heterocycles. The molecule has 0 saturated carbocycles. The standard InChI is InChI=1S/C34H41N3O5/c1-3-4-8-22-35-37-33(39)34(21-10-14-26-12-6-5-7-13-26)31(28-15-9-16-30(25-28)40-2)42-32(36-34)27-17-19-29(20-18-27)41-24-11-23-38/h5-7,9-10,12-20,25,31,35,38H,3-4,8,11,21-24H2,1-2H3,(H,37,39)/b14-10+/t31-,34-/m0/s1. The van der Waals surface area contributed by atoms with Crippen molar-refractivity contribution in [1.82, 2.24) is 10.9 Å². The van der Waals surface area contributed by atoms with Gasteiger partial charge in [0.2, 0.25) is 5.90 Å². The van der Waals surface area contributed by atoms with Gasteiger partial charge in [0.15, 0.2) is 11.6 Å². The van der Waals surface area contributed by atoms with Crippen molar-refractivity contribution in [3.63, 3.8) is 0 Å². The molecule has 222 valence electrons. The molecule has 3 aromatic carbocycles. The van der Waals surface area contributed by atoms with Crippen molar-refractivity contribution < 1.29 is 24.1 Å². The highest BCUT2D eigenvalue weighted by atomic mass is 16.5. The van der Waals surface area contributed by atoms with Gasteiger partial charge < -0.3 is 19.3 Å². The zero-order valence-corrected chi connectivity index (χ0v) is 24.4. The van der Waals surface area contributed by atoms with Crippen LogP contribution in [0.5, 0.6) is 11.5 Å². The molecule has 0 bridgehead atoms. The van der Waals surface area contributed by atoms with Crippen LogP contribution in [0.1, 0.15) is 61.8 Å². The van der Waals surface area contributed by atoms with E-state index in [0.717, 1.165) is 36.0 Å². The highest BCUT2D eigenvalue weighted by Crippen LogP contribution is 2.43. The summed E-state index contributed by atoms with van der Waals surface area (Å²) in [5.41, 5.74) is 7.29. The van der Waals surface area contributed by atoms with Crippen LogP contribution in [0.25, 0.3) is 6.08 Å². The van der Waals surface area contributed by atoms with Crippen LogP contribution < -0.4 is 20.3 Å². The van der Waals surface area contributed by atoms with E-state index in [1.807, 2.05) is 91.0 Å². The molecule has 0 spiro atoms. The fourth-order valence-electron chi connectivity index (χ4n) is 4.77. The first-order valence-electron chi connectivity index (χ1n) is 14.6. The van der Waals surface area contributed by atoms with Crippen LogP contribution in [0.3, 0.4) is 0 Å². The van der Waals surface area contributed by atoms with Gasteiger partial charge in [-0.15, -0.1) is 0 Å². The predicted molar refractivity (Wildman–Crippen MR) is 165 cm³/mol. The molecule has 3 aromatic rings. The lowest BCUT2D eigenvalue weighted by molar-refractivity contribution is -0.129. The zero-order valence-electron chi connectivity index (χ0n) is 24.4. The van der Waals surface area contributed by atoms with Gasteiger partial charge in [-0.3, -0.25) is 10.2 Å². The van der Waals surface area contributed by atoms with Gasteiger partial charge in [-0.25, -0.2) is 10.4 Å². The number of nitrogens with one attached hydrogen (secondary N) is 2. The maximum atomic E-state index is 14.1. The minimum absolute atomic E-state index is 0.0741. The van der Waals surface area contributed by atoms with Crippen LogP contribution in [0.4, 0.5) is 0 Å². The van der Waals surface area contributed by atoms with E-state index in [0.29, 0.717) is 43.4 Å². The van der Waals surface area contributed by atoms with E-state index in [-0.39, 0.29) is 12.5 Å². The molecule has 2 atom stereocenters. The van der Waals surface area contributed by atoms with Crippen LogP contribution in [0.2, 0.25) is 0 Å². The van der Waals surface area contributed by atoms with Gasteiger partial charge in [-0.05, 0) is 53.9 Å². The summed E-state index contributed by atoms with van der Waals surface area (Å²) in [7, 11) is 1.61. The third-order valence-corrected chi connectivity index (χ3v) is 7.07. The van der Waals surface area contributed by atoms with E-state index in [1.54, 1.807) is 7.11 Å². The maximum Gasteiger partial charge on any atom is 0.266 e. The van der Waals surface area contributed by atoms with Crippen molar-refractivity contribution in [3.05, 3.63) is 102 Å². The van der Waals surface area contributed by atoms with Crippen molar-refractivity contribution in [1.29, 1.82) is 0 Å². The smallest absolute Gasteiger partial charge is 0.266 e. The van der Waals surface area contributed by atoms with E-state index >= 15 is 0 Å². The molecule has 1 aliphatic rings. The summed E-state index contributed by atoms with van der Waals surface area (Å²) >= 11 is 0. The first-order valence-corrected chi connectivity index (χ1v) is 14.6. The van der Waals surface area contributed by atoms with Crippen LogP contribution in [-0.4, -0.2) is 49.3 Å². The van der Waals surface area contributed by atoms with Gasteiger partial charge in [-0.2, -0.15) is 0 Å². The highest BCUT2D eigenvalue weighted by Gasteiger charge is 2.52. The normalized spacial score (nSPS) is 18.0. The van der Waals surface area contributed by atoms with Gasteiger partial charge in [-0.1, -0.05) is 74.4 Å². The van der Waals surface area contributed by atoms with Crippen molar-refractivity contribution in [3.8, 4) is 11.5 Å². The number of carbonyl (C=O) groups is 1. The Hall–Kier alpha value is -4.14. The number of hydrogen-bond donors (Lipinski definition) is 3. The Morgan fingerprint density at radius 2 is 1.83 bits per heavy atom. The molecule has 0 fully saturated rings. The number of hydrogen-bond acceptors (Lipinski definition) is 7. The molecular weight excluding hydrogens is 530 g/mol. The summed E-state index contributed by atoms with van der Waals surface area (Å²) in [6, 6.07) is 24.9. The number of unbranched alkanes of at least 4 members (excludes halogenated alkanes) is 2. The molecule has 1 heterocycles. The number of aliphatic hydroxyl groups excluding tert-OH is 1. The van der Waals surface area contributed by atoms with Crippen LogP contribution in [0.15, 0.2) is 89.9 Å². The molecule has 0 unspecified atom stereocenters. The second-order valence-corrected chi connectivity index (χ2v) is 10.2. The van der Waals surface area contributed by atoms with E-state index in [9.17, 15) is 4.79 Å². The second-order valence-electron chi connectivity index (χ2n) is 10.2. The molecular formula is C34H41N3O5. The fraction of sp³-hybridized carbons (Fsp3) is 0.353. The Labute approximate surface area is 248 Å². The molecule has 1 amide bonds. The highest BCUT2D eigenvalue weighted by molar-refractivity contribution is 6.01. The number of aliphatic imine (C=N–C) groups is 1. The molecule has 8 heteroatoms. The first kappa shape index (κ1) is 30.8. The van der Waals surface area contributed by atoms with Crippen molar-refractivity contribution in [2.75, 3.05) is 26.9 Å². The third-order valence-electron chi connectivity index (χ3n) is 7.07. The number of benzene rings is 3. The number of aliphatic hydroxyl groups is 1. The lowest BCUT2D eigenvalue weighted by Crippen LogP contribution is -2.52. The third kappa shape index (κ3) is 7.99. The van der Waals surface area contributed by atoms with Crippen molar-refractivity contribution in [2.45, 2.75) is 50.7 Å². The van der Waals surface area contributed by atoms with E-state index in [2.05, 4.69) is 17.8 Å². The molecule has 3 N–H and O–H groups in total. The second kappa shape index (κ2) is 15.7. The van der Waals surface area contributed by atoms with E-state index in [1.165, 1.54) is 0 Å². The Morgan fingerprint density at radius 3 is 2.57 bits per heavy atom. The largest absolute Gasteiger partial charge is 0.497 e. The quantitative estimate of drug-likeness (QED) is 0.152. The average molecular weight is 572 g/mol. The van der Waals surface area contributed by atoms with Gasteiger partial charge in [0.05, 0.1) is 13.7 Å². The van der Waals surface area contributed by atoms with Crippen LogP contribution >= 0.6 is 0 Å². The number of amides is 1. The Balaban J connectivity index is 1.70. The molecule has 4 rings (SSSR count). The number of hydrazine groups is 1. The number of methoxy groups -OCH3 is 1. The lowest BCUT2D eigenvalue weighted by atomic mass is 9.84. The summed E-state index contributed by atoms with van der Waals surface area (Å²) in [4.78, 5) is 19.1. The molecule has 0 aliphatic carbocycles. The van der Waals surface area contributed by atoms with Gasteiger partial charge >= 0.3 is 0 Å². The minimum atomic E-state index is -1.29. The van der Waals surface area contributed by atoms with Crippen molar-refractivity contribution >= 4 is 17.9 Å². The number of ether oxygens (including phenoxy) is 3. The Bertz CT molecular complexity index is 1330. The maximum absolute atomic E-state index is 14.1. The molecule has 42 heavy (non-hydrogen) atoms. The monoisotopic (exact) mass is 571 g/mol. The molecule has 8 nitrogen and oxygen atoms in total. The summed E-state index contributed by atoms with van der Waals surface area (Å²) < 4.78 is 17.7. The zero-order chi connectivity index (χ0) is 29.6. The summed E-state index contributed by atoms with van der Waals surface area (Å²) in [5, 5.41) is 9.03. The fourth-order valence-corrected chi connectivity index (χ4v) is 4.77. The average Bonchev–Trinajstić information content (AvgIpc) is 3.42. The summed E-state index contributed by atoms with van der Waals surface area (Å²) in [5.74, 6) is 1.45. The van der Waals surface area contributed by atoms with Gasteiger partial charge in [0.1, 0.15) is 11.5 Å². The van der Waals surface area contributed by atoms with E-state index in [4.69, 9.17) is 24.3 Å². The number of rotatable bonds is 16. The van der Waals surface area contributed by atoms with Gasteiger partial charge in [0.25, 0.3) is 5.91 Å². The first-order chi connectivity index (χ1) is 20.6. The summed E-state index contributed by atoms with van der Waals surface area (Å²) in [6.07, 6.45) is 7.25. The molecule has 0 aromatic heterocycles. The summed E-state index contributed by atoms with van der Waals surface area (Å²) in [6.45, 7) is 3.30. The Kier molecular flexibility index (Phi) is 11.6. The number of nitrogens with zero attached hydrogens (tertiary/aromatic N) is 1. The Morgan fingerprint density at radius 1 is 1.02 bits per heavy atom. The molecule has 0 radical (unpaired) electrons. The van der Waals surface area contributed by atoms with Crippen LogP contribution in [0, 0.1) is 0 Å². The number of carbonyl (C=O) groups excluding carboxylic acids is 1. The molecule has 0 saturated heterocycles.